The van der Waals surface area contributed by atoms with E-state index in [0.717, 1.165) is 19.3 Å². The van der Waals surface area contributed by atoms with Crippen molar-refractivity contribution in [3.63, 3.8) is 0 Å². The predicted octanol–water partition coefficient (Wildman–Crippen LogP) is 2.31. The van der Waals surface area contributed by atoms with Crippen molar-refractivity contribution in [2.45, 2.75) is 51.0 Å². The number of nitrogens with one attached hydrogen (secondary N) is 1. The first kappa shape index (κ1) is 18.0. The number of rotatable bonds is 6. The van der Waals surface area contributed by atoms with E-state index < -0.39 is 10.0 Å². The van der Waals surface area contributed by atoms with E-state index in [1.807, 2.05) is 6.92 Å². The van der Waals surface area contributed by atoms with E-state index in [1.54, 1.807) is 11.9 Å². The molecule has 0 bridgehead atoms. The van der Waals surface area contributed by atoms with Crippen molar-refractivity contribution >= 4 is 15.9 Å². The molecule has 6 nitrogen and oxygen atoms in total. The zero-order valence-corrected chi connectivity index (χ0v) is 15.2. The van der Waals surface area contributed by atoms with Gasteiger partial charge in [0.05, 0.1) is 0 Å². The monoisotopic (exact) mass is 341 g/mol. The van der Waals surface area contributed by atoms with Crippen LogP contribution in [0.5, 0.6) is 0 Å². The van der Waals surface area contributed by atoms with Crippen LogP contribution >= 0.6 is 0 Å². The first-order valence-corrected chi connectivity index (χ1v) is 9.63. The highest BCUT2D eigenvalue weighted by atomic mass is 32.2. The molecule has 0 saturated carbocycles. The molecule has 1 aliphatic heterocycles. The molecule has 2 rings (SSSR count). The van der Waals surface area contributed by atoms with E-state index in [9.17, 15) is 13.2 Å². The van der Waals surface area contributed by atoms with Crippen molar-refractivity contribution in [2.75, 3.05) is 20.1 Å². The lowest BCUT2D eigenvalue weighted by atomic mass is 10.0. The van der Waals surface area contributed by atoms with Gasteiger partial charge in [-0.25, -0.2) is 8.42 Å². The van der Waals surface area contributed by atoms with Crippen molar-refractivity contribution in [1.29, 1.82) is 0 Å². The summed E-state index contributed by atoms with van der Waals surface area (Å²) in [5.74, 6) is 0.316. The summed E-state index contributed by atoms with van der Waals surface area (Å²) in [6, 6.07) is 1.55. The largest absolute Gasteiger partial charge is 0.356 e. The molecule has 0 aliphatic carbocycles. The van der Waals surface area contributed by atoms with Crippen LogP contribution in [0.25, 0.3) is 0 Å². The summed E-state index contributed by atoms with van der Waals surface area (Å²) >= 11 is 0. The Hall–Kier alpha value is -1.34. The molecule has 130 valence electrons. The Labute approximate surface area is 138 Å². The first-order chi connectivity index (χ1) is 10.7. The molecule has 0 radical (unpaired) electrons. The fraction of sp³-hybridized carbons (Fsp3) is 0.688. The van der Waals surface area contributed by atoms with Crippen molar-refractivity contribution in [3.05, 3.63) is 18.0 Å². The number of nitrogens with zero attached hydrogens (tertiary/aromatic N) is 2. The number of hydrogen-bond acceptors (Lipinski definition) is 3. The third-order valence-electron chi connectivity index (χ3n) is 4.38. The van der Waals surface area contributed by atoms with Crippen LogP contribution in [0.4, 0.5) is 0 Å². The van der Waals surface area contributed by atoms with Crippen LogP contribution in [-0.2, 0) is 10.0 Å². The molecule has 1 aromatic rings. The maximum atomic E-state index is 12.5. The first-order valence-electron chi connectivity index (χ1n) is 8.19. The van der Waals surface area contributed by atoms with Gasteiger partial charge in [-0.1, -0.05) is 13.8 Å². The van der Waals surface area contributed by atoms with Gasteiger partial charge in [-0.3, -0.25) is 4.79 Å². The zero-order chi connectivity index (χ0) is 17.2. The maximum absolute atomic E-state index is 12.5. The molecule has 7 heteroatoms. The number of sulfonamides is 1. The average Bonchev–Trinajstić information content (AvgIpc) is 3.16. The number of hydrogen-bond donors (Lipinski definition) is 1. The van der Waals surface area contributed by atoms with E-state index >= 15 is 0 Å². The van der Waals surface area contributed by atoms with Crippen LogP contribution in [-0.4, -0.2) is 54.7 Å². The van der Waals surface area contributed by atoms with Gasteiger partial charge in [0.25, 0.3) is 5.91 Å². The van der Waals surface area contributed by atoms with Gasteiger partial charge in [-0.15, -0.1) is 0 Å². The van der Waals surface area contributed by atoms with Crippen LogP contribution in [0.3, 0.4) is 0 Å². The predicted molar refractivity (Wildman–Crippen MR) is 89.8 cm³/mol. The van der Waals surface area contributed by atoms with Gasteiger partial charge in [-0.05, 0) is 38.2 Å². The lowest BCUT2D eigenvalue weighted by Crippen LogP contribution is -2.36. The van der Waals surface area contributed by atoms with Gasteiger partial charge in [0.2, 0.25) is 10.0 Å². The van der Waals surface area contributed by atoms with Crippen LogP contribution in [0.2, 0.25) is 0 Å². The molecule has 1 fully saturated rings. The highest BCUT2D eigenvalue weighted by Crippen LogP contribution is 2.22. The Bertz CT molecular complexity index is 645. The summed E-state index contributed by atoms with van der Waals surface area (Å²) in [6.07, 6.45) is 4.11. The van der Waals surface area contributed by atoms with Gasteiger partial charge in [0.15, 0.2) is 0 Å². The van der Waals surface area contributed by atoms with Crippen molar-refractivity contribution in [3.8, 4) is 0 Å². The second-order valence-corrected chi connectivity index (χ2v) is 8.69. The maximum Gasteiger partial charge on any atom is 0.270 e. The third kappa shape index (κ3) is 3.95. The van der Waals surface area contributed by atoms with E-state index in [2.05, 4.69) is 18.8 Å². The molecule has 0 aromatic carbocycles. The number of amides is 1. The molecule has 1 saturated heterocycles. The van der Waals surface area contributed by atoms with Crippen LogP contribution in [0.15, 0.2) is 17.2 Å². The van der Waals surface area contributed by atoms with E-state index in [1.165, 1.54) is 16.6 Å². The number of aromatic nitrogens is 1. The molecule has 23 heavy (non-hydrogen) atoms. The molecule has 0 spiro atoms. The summed E-state index contributed by atoms with van der Waals surface area (Å²) in [7, 11) is -1.73. The Morgan fingerprint density at radius 3 is 2.48 bits per heavy atom. The fourth-order valence-corrected chi connectivity index (χ4v) is 4.47. The third-order valence-corrected chi connectivity index (χ3v) is 6.26. The zero-order valence-electron chi connectivity index (χ0n) is 14.4. The molecular weight excluding hydrogens is 314 g/mol. The summed E-state index contributed by atoms with van der Waals surface area (Å²) < 4.78 is 26.5. The Morgan fingerprint density at radius 2 is 1.91 bits per heavy atom. The smallest absolute Gasteiger partial charge is 0.270 e. The minimum atomic E-state index is -3.48. The van der Waals surface area contributed by atoms with Crippen molar-refractivity contribution < 1.29 is 13.2 Å². The van der Waals surface area contributed by atoms with Crippen LogP contribution < -0.4 is 0 Å². The number of carbonyl (C=O) groups is 1. The van der Waals surface area contributed by atoms with E-state index in [4.69, 9.17) is 0 Å². The average molecular weight is 341 g/mol. The minimum Gasteiger partial charge on any atom is -0.356 e. The standard InChI is InChI=1S/C16H27N3O3S/c1-12(2)9-13(3)18(4)16(20)15-10-14(11-17-15)23(21,22)19-7-5-6-8-19/h10-13,17H,5-9H2,1-4H3/t13-/m1/s1. The normalized spacial score (nSPS) is 17.6. The molecule has 1 aliphatic rings. The van der Waals surface area contributed by atoms with Gasteiger partial charge in [-0.2, -0.15) is 4.31 Å². The summed E-state index contributed by atoms with van der Waals surface area (Å²) in [5, 5.41) is 0. The summed E-state index contributed by atoms with van der Waals surface area (Å²) in [6.45, 7) is 7.35. The second-order valence-electron chi connectivity index (χ2n) is 6.75. The van der Waals surface area contributed by atoms with Crippen molar-refractivity contribution in [1.82, 2.24) is 14.2 Å². The second kappa shape index (κ2) is 7.05. The van der Waals surface area contributed by atoms with Crippen LogP contribution in [0.1, 0.15) is 50.5 Å². The molecule has 2 heterocycles. The Morgan fingerprint density at radius 1 is 1.30 bits per heavy atom. The highest BCUT2D eigenvalue weighted by molar-refractivity contribution is 7.89. The van der Waals surface area contributed by atoms with Gasteiger partial charge in [0, 0.05) is 32.4 Å². The SMILES string of the molecule is CC(C)C[C@@H](C)N(C)C(=O)c1cc(S(=O)(=O)N2CCCC2)c[nH]1. The number of H-pyrrole nitrogens is 1. The van der Waals surface area contributed by atoms with Crippen LogP contribution in [0, 0.1) is 5.92 Å². The molecule has 1 aromatic heterocycles. The molecular formula is C16H27N3O3S. The lowest BCUT2D eigenvalue weighted by molar-refractivity contribution is 0.0723. The molecule has 1 N–H and O–H groups in total. The number of aromatic amines is 1. The highest BCUT2D eigenvalue weighted by Gasteiger charge is 2.29. The molecule has 1 atom stereocenters. The fourth-order valence-electron chi connectivity index (χ4n) is 2.95. The van der Waals surface area contributed by atoms with Gasteiger partial charge < -0.3 is 9.88 Å². The quantitative estimate of drug-likeness (QED) is 0.863. The number of carbonyl (C=O) groups excluding carboxylic acids is 1. The van der Waals surface area contributed by atoms with E-state index in [0.29, 0.717) is 24.7 Å². The van der Waals surface area contributed by atoms with Gasteiger partial charge in [0.1, 0.15) is 10.6 Å². The molecule has 0 unspecified atom stereocenters. The topological polar surface area (TPSA) is 73.5 Å². The summed E-state index contributed by atoms with van der Waals surface area (Å²) in [4.78, 5) is 17.2. The van der Waals surface area contributed by atoms with Gasteiger partial charge >= 0.3 is 0 Å². The molecule has 1 amide bonds. The van der Waals surface area contributed by atoms with E-state index in [-0.39, 0.29) is 16.8 Å². The lowest BCUT2D eigenvalue weighted by Gasteiger charge is -2.25. The van der Waals surface area contributed by atoms with Crippen molar-refractivity contribution in [2.24, 2.45) is 5.92 Å². The Balaban J connectivity index is 2.13. The summed E-state index contributed by atoms with van der Waals surface area (Å²) in [5.41, 5.74) is 0.320. The Kier molecular flexibility index (Phi) is 5.52. The minimum absolute atomic E-state index is 0.101.